The smallest absolute Gasteiger partial charge is 0.325 e. The van der Waals surface area contributed by atoms with Gasteiger partial charge < -0.3 is 5.32 Å². The molecule has 3 rings (SSSR count). The Balaban J connectivity index is 1.66. The van der Waals surface area contributed by atoms with Crippen LogP contribution in [0.5, 0.6) is 0 Å². The quantitative estimate of drug-likeness (QED) is 0.752. The zero-order valence-corrected chi connectivity index (χ0v) is 17.5. The number of carbonyl (C=O) groups excluding carboxylic acids is 1. The summed E-state index contributed by atoms with van der Waals surface area (Å²) in [6.45, 7) is 5.60. The third kappa shape index (κ3) is 4.78. The number of benzene rings is 1. The number of hydrogen-bond acceptors (Lipinski definition) is 4. The first-order valence-electron chi connectivity index (χ1n) is 9.39. The van der Waals surface area contributed by atoms with Crippen molar-refractivity contribution in [2.45, 2.75) is 43.3 Å². The van der Waals surface area contributed by atoms with E-state index in [0.29, 0.717) is 11.3 Å². The summed E-state index contributed by atoms with van der Waals surface area (Å²) in [5.41, 5.74) is -0.845. The molecular weight excluding hydrogens is 411 g/mol. The number of carbonyl (C=O) groups is 1. The molecule has 0 aromatic heterocycles. The minimum atomic E-state index is -4.56. The van der Waals surface area contributed by atoms with Crippen LogP contribution in [0.4, 0.5) is 18.9 Å². The van der Waals surface area contributed by atoms with Gasteiger partial charge in [0.2, 0.25) is 5.91 Å². The summed E-state index contributed by atoms with van der Waals surface area (Å²) in [7, 11) is 0. The fourth-order valence-electron chi connectivity index (χ4n) is 3.99. The van der Waals surface area contributed by atoms with Gasteiger partial charge in [0.25, 0.3) is 0 Å². The monoisotopic (exact) mass is 435 g/mol. The highest BCUT2D eigenvalue weighted by atomic mass is 35.5. The van der Waals surface area contributed by atoms with Crippen LogP contribution in [-0.4, -0.2) is 65.5 Å². The van der Waals surface area contributed by atoms with Gasteiger partial charge >= 0.3 is 6.18 Å². The van der Waals surface area contributed by atoms with Gasteiger partial charge in [0.05, 0.1) is 16.6 Å². The van der Waals surface area contributed by atoms with Crippen LogP contribution in [0.1, 0.15) is 25.3 Å². The molecule has 2 aliphatic rings. The van der Waals surface area contributed by atoms with E-state index in [9.17, 15) is 18.0 Å². The van der Waals surface area contributed by atoms with Gasteiger partial charge in [0.15, 0.2) is 0 Å². The Labute approximate surface area is 172 Å². The van der Waals surface area contributed by atoms with E-state index in [0.717, 1.165) is 38.3 Å². The molecule has 0 saturated carbocycles. The lowest BCUT2D eigenvalue weighted by atomic mass is 10.2. The van der Waals surface area contributed by atoms with E-state index >= 15 is 0 Å². The summed E-state index contributed by atoms with van der Waals surface area (Å²) >= 11 is 7.46. The van der Waals surface area contributed by atoms with Gasteiger partial charge in [0.1, 0.15) is 0 Å². The fourth-order valence-corrected chi connectivity index (χ4v) is 5.13. The number of alkyl halides is 3. The largest absolute Gasteiger partial charge is 0.417 e. The molecular formula is C19H25ClF3N3OS. The Morgan fingerprint density at radius 2 is 1.96 bits per heavy atom. The van der Waals surface area contributed by atoms with Crippen molar-refractivity contribution >= 4 is 35.0 Å². The lowest BCUT2D eigenvalue weighted by molar-refractivity contribution is -0.137. The van der Waals surface area contributed by atoms with Crippen LogP contribution in [-0.2, 0) is 11.0 Å². The molecule has 1 aromatic carbocycles. The van der Waals surface area contributed by atoms with Crippen LogP contribution in [0, 0.1) is 0 Å². The second kappa shape index (κ2) is 8.81. The van der Waals surface area contributed by atoms with Crippen LogP contribution < -0.4 is 5.32 Å². The minimum absolute atomic E-state index is 0.102. The van der Waals surface area contributed by atoms with Gasteiger partial charge in [-0.05, 0) is 57.3 Å². The molecule has 156 valence electrons. The number of nitrogens with one attached hydrogen (secondary N) is 1. The number of thioether (sulfide) groups is 1. The zero-order chi connectivity index (χ0) is 20.5. The van der Waals surface area contributed by atoms with Crippen molar-refractivity contribution < 1.29 is 18.0 Å². The highest BCUT2D eigenvalue weighted by molar-refractivity contribution is 7.99. The van der Waals surface area contributed by atoms with E-state index in [1.807, 2.05) is 11.8 Å². The van der Waals surface area contributed by atoms with Crippen molar-refractivity contribution in [1.82, 2.24) is 9.80 Å². The second-order valence-corrected chi connectivity index (χ2v) is 8.88. The van der Waals surface area contributed by atoms with Crippen LogP contribution >= 0.6 is 23.4 Å². The lowest BCUT2D eigenvalue weighted by Crippen LogP contribution is -2.43. The first-order chi connectivity index (χ1) is 13.2. The Morgan fingerprint density at radius 1 is 1.29 bits per heavy atom. The maximum Gasteiger partial charge on any atom is 0.417 e. The molecule has 1 aromatic rings. The summed E-state index contributed by atoms with van der Waals surface area (Å²) < 4.78 is 39.1. The molecule has 2 fully saturated rings. The lowest BCUT2D eigenvalue weighted by Gasteiger charge is -2.28. The molecule has 3 atom stereocenters. The van der Waals surface area contributed by atoms with E-state index in [-0.39, 0.29) is 16.6 Å². The van der Waals surface area contributed by atoms with Crippen molar-refractivity contribution in [2.24, 2.45) is 0 Å². The van der Waals surface area contributed by atoms with Crippen molar-refractivity contribution in [3.8, 4) is 0 Å². The van der Waals surface area contributed by atoms with Gasteiger partial charge in [-0.3, -0.25) is 14.6 Å². The molecule has 2 heterocycles. The molecule has 4 nitrogen and oxygen atoms in total. The molecule has 28 heavy (non-hydrogen) atoms. The third-order valence-corrected chi connectivity index (χ3v) is 7.04. The molecule has 0 radical (unpaired) electrons. The number of anilines is 1. The summed E-state index contributed by atoms with van der Waals surface area (Å²) in [6.07, 6.45) is -0.0429. The summed E-state index contributed by atoms with van der Waals surface area (Å²) in [5.74, 6) is -0.308. The molecule has 2 saturated heterocycles. The van der Waals surface area contributed by atoms with E-state index in [4.69, 9.17) is 11.6 Å². The van der Waals surface area contributed by atoms with Crippen molar-refractivity contribution in [1.29, 1.82) is 0 Å². The standard InChI is InChI=1S/C19H25ClF3N3OS/c1-12(26-10-16(17(11-26)28-2)25-7-3-4-8-25)18(27)24-13-5-6-15(20)14(9-13)19(21,22)23/h5-6,9,12,16-17H,3-4,7-8,10-11H2,1-2H3,(H,24,27)/t12-,16+,17-/m1/s1. The van der Waals surface area contributed by atoms with Crippen molar-refractivity contribution in [3.63, 3.8) is 0 Å². The zero-order valence-electron chi connectivity index (χ0n) is 15.9. The number of likely N-dealkylation sites (tertiary alicyclic amines) is 2. The Kier molecular flexibility index (Phi) is 6.84. The maximum atomic E-state index is 13.0. The molecule has 9 heteroatoms. The number of rotatable bonds is 5. The third-order valence-electron chi connectivity index (χ3n) is 5.64. The summed E-state index contributed by atoms with van der Waals surface area (Å²) in [6, 6.07) is 3.43. The molecule has 1 amide bonds. The van der Waals surface area contributed by atoms with E-state index < -0.39 is 17.8 Å². The van der Waals surface area contributed by atoms with Crippen LogP contribution in [0.3, 0.4) is 0 Å². The van der Waals surface area contributed by atoms with Crippen LogP contribution in [0.25, 0.3) is 0 Å². The molecule has 0 unspecified atom stereocenters. The van der Waals surface area contributed by atoms with Gasteiger partial charge in [0, 0.05) is 30.1 Å². The molecule has 0 bridgehead atoms. The molecule has 0 aliphatic carbocycles. The van der Waals surface area contributed by atoms with Crippen molar-refractivity contribution in [2.75, 3.05) is 37.8 Å². The fraction of sp³-hybridized carbons (Fsp3) is 0.632. The molecule has 2 aliphatic heterocycles. The highest BCUT2D eigenvalue weighted by Crippen LogP contribution is 2.36. The van der Waals surface area contributed by atoms with Gasteiger partial charge in [-0.1, -0.05) is 11.6 Å². The average Bonchev–Trinajstić information content (AvgIpc) is 3.30. The molecule has 0 spiro atoms. The average molecular weight is 436 g/mol. The minimum Gasteiger partial charge on any atom is -0.325 e. The van der Waals surface area contributed by atoms with Crippen molar-refractivity contribution in [3.05, 3.63) is 28.8 Å². The molecule has 1 N–H and O–H groups in total. The predicted octanol–water partition coefficient (Wildman–Crippen LogP) is 4.20. The Hall–Kier alpha value is -0.960. The van der Waals surface area contributed by atoms with E-state index in [1.54, 1.807) is 6.92 Å². The van der Waals surface area contributed by atoms with E-state index in [1.165, 1.54) is 18.9 Å². The predicted molar refractivity (Wildman–Crippen MR) is 108 cm³/mol. The first kappa shape index (κ1) is 21.7. The summed E-state index contributed by atoms with van der Waals surface area (Å²) in [4.78, 5) is 17.3. The Bertz CT molecular complexity index is 712. The maximum absolute atomic E-state index is 13.0. The van der Waals surface area contributed by atoms with Crippen LogP contribution in [0.15, 0.2) is 18.2 Å². The van der Waals surface area contributed by atoms with Gasteiger partial charge in [-0.2, -0.15) is 24.9 Å². The normalized spacial score (nSPS) is 25.2. The number of halogens is 4. The van der Waals surface area contributed by atoms with Gasteiger partial charge in [-0.25, -0.2) is 0 Å². The van der Waals surface area contributed by atoms with E-state index in [2.05, 4.69) is 21.4 Å². The SMILES string of the molecule is CS[C@@H]1CN([C@H](C)C(=O)Nc2ccc(Cl)c(C(F)(F)F)c2)C[C@@H]1N1CCCC1. The number of hydrogen-bond donors (Lipinski definition) is 1. The second-order valence-electron chi connectivity index (χ2n) is 7.40. The number of nitrogens with zero attached hydrogens (tertiary/aromatic N) is 2. The summed E-state index contributed by atoms with van der Waals surface area (Å²) in [5, 5.41) is 2.67. The van der Waals surface area contributed by atoms with Crippen LogP contribution in [0.2, 0.25) is 5.02 Å². The Morgan fingerprint density at radius 3 is 2.57 bits per heavy atom. The highest BCUT2D eigenvalue weighted by Gasteiger charge is 2.40. The first-order valence-corrected chi connectivity index (χ1v) is 11.1. The number of amides is 1. The topological polar surface area (TPSA) is 35.6 Å². The van der Waals surface area contributed by atoms with Gasteiger partial charge in [-0.15, -0.1) is 0 Å².